The van der Waals surface area contributed by atoms with Crippen molar-refractivity contribution in [1.29, 1.82) is 0 Å². The third kappa shape index (κ3) is 1.24. The van der Waals surface area contributed by atoms with Gasteiger partial charge in [0, 0.05) is 20.7 Å². The molecule has 3 heterocycles. The average molecular weight is 333 g/mol. The van der Waals surface area contributed by atoms with E-state index in [-0.39, 0.29) is 0 Å². The van der Waals surface area contributed by atoms with Gasteiger partial charge in [-0.25, -0.2) is 4.98 Å². The molecule has 4 aromatic rings. The molecule has 0 fully saturated rings. The summed E-state index contributed by atoms with van der Waals surface area (Å²) in [5.74, 6) is 0. The zero-order chi connectivity index (χ0) is 11.4. The Kier molecular flexibility index (Phi) is 1.80. The van der Waals surface area contributed by atoms with E-state index in [1.807, 2.05) is 18.2 Å². The van der Waals surface area contributed by atoms with Crippen molar-refractivity contribution >= 4 is 50.3 Å². The SMILES string of the molecule is Ic1ccc2nc3c4ccccc4[nH]c3n2c1. The summed E-state index contributed by atoms with van der Waals surface area (Å²) in [5, 5.41) is 1.18. The molecule has 0 spiro atoms. The number of fused-ring (bicyclic) bond motifs is 5. The van der Waals surface area contributed by atoms with Crippen molar-refractivity contribution in [2.45, 2.75) is 0 Å². The maximum Gasteiger partial charge on any atom is 0.143 e. The van der Waals surface area contributed by atoms with Crippen molar-refractivity contribution in [2.24, 2.45) is 0 Å². The Morgan fingerprint density at radius 1 is 1.12 bits per heavy atom. The molecule has 0 atom stereocenters. The Hall–Kier alpha value is -1.56. The van der Waals surface area contributed by atoms with Gasteiger partial charge in [0.1, 0.15) is 16.8 Å². The van der Waals surface area contributed by atoms with E-state index in [4.69, 9.17) is 0 Å². The molecule has 0 bridgehead atoms. The lowest BCUT2D eigenvalue weighted by atomic mass is 10.2. The number of rotatable bonds is 0. The van der Waals surface area contributed by atoms with E-state index in [1.54, 1.807) is 0 Å². The molecule has 0 saturated carbocycles. The summed E-state index contributed by atoms with van der Waals surface area (Å²) in [4.78, 5) is 8.10. The molecule has 82 valence electrons. The van der Waals surface area contributed by atoms with Gasteiger partial charge in [-0.2, -0.15) is 0 Å². The van der Waals surface area contributed by atoms with E-state index in [0.717, 1.165) is 22.3 Å². The number of aromatic nitrogens is 3. The van der Waals surface area contributed by atoms with Crippen LogP contribution in [-0.4, -0.2) is 14.4 Å². The summed E-state index contributed by atoms with van der Waals surface area (Å²) in [6.07, 6.45) is 2.10. The highest BCUT2D eigenvalue weighted by molar-refractivity contribution is 14.1. The number of aromatic amines is 1. The molecule has 3 aromatic heterocycles. The fraction of sp³-hybridized carbons (Fsp3) is 0. The molecule has 0 unspecified atom stereocenters. The van der Waals surface area contributed by atoms with Crippen LogP contribution < -0.4 is 0 Å². The maximum atomic E-state index is 4.67. The topological polar surface area (TPSA) is 33.1 Å². The van der Waals surface area contributed by atoms with Gasteiger partial charge < -0.3 is 4.98 Å². The second-order valence-corrected chi connectivity index (χ2v) is 5.30. The quantitative estimate of drug-likeness (QED) is 0.490. The molecule has 0 aliphatic rings. The number of hydrogen-bond acceptors (Lipinski definition) is 1. The van der Waals surface area contributed by atoms with Crippen molar-refractivity contribution < 1.29 is 0 Å². The number of nitrogens with zero attached hydrogens (tertiary/aromatic N) is 2. The number of pyridine rings is 1. The number of nitrogens with one attached hydrogen (secondary N) is 1. The second kappa shape index (κ2) is 3.22. The number of H-pyrrole nitrogens is 1. The molecule has 0 amide bonds. The fourth-order valence-corrected chi connectivity index (χ4v) is 2.71. The average Bonchev–Trinajstić information content (AvgIpc) is 2.85. The van der Waals surface area contributed by atoms with E-state index in [9.17, 15) is 0 Å². The van der Waals surface area contributed by atoms with Crippen LogP contribution in [0.5, 0.6) is 0 Å². The van der Waals surface area contributed by atoms with Crippen molar-refractivity contribution in [1.82, 2.24) is 14.4 Å². The van der Waals surface area contributed by atoms with Crippen LogP contribution in [0.15, 0.2) is 42.6 Å². The molecule has 1 N–H and O–H groups in total. The fourth-order valence-electron chi connectivity index (χ4n) is 2.25. The van der Waals surface area contributed by atoms with Crippen LogP contribution in [0.4, 0.5) is 0 Å². The van der Waals surface area contributed by atoms with E-state index in [1.165, 1.54) is 8.96 Å². The minimum absolute atomic E-state index is 0.984. The second-order valence-electron chi connectivity index (χ2n) is 4.06. The maximum absolute atomic E-state index is 4.67. The van der Waals surface area contributed by atoms with Crippen LogP contribution in [0.25, 0.3) is 27.7 Å². The van der Waals surface area contributed by atoms with Crippen LogP contribution >= 0.6 is 22.6 Å². The Balaban J connectivity index is 2.30. The standard InChI is InChI=1S/C13H8IN3/c14-8-5-6-11-16-12-9-3-1-2-4-10(9)15-13(12)17(11)7-8/h1-7,15H. The molecule has 0 radical (unpaired) electrons. The van der Waals surface area contributed by atoms with Gasteiger partial charge in [0.05, 0.1) is 0 Å². The van der Waals surface area contributed by atoms with Crippen LogP contribution in [0.2, 0.25) is 0 Å². The number of para-hydroxylation sites is 1. The number of hydrogen-bond donors (Lipinski definition) is 1. The lowest BCUT2D eigenvalue weighted by Gasteiger charge is -1.94. The van der Waals surface area contributed by atoms with Gasteiger partial charge in [0.25, 0.3) is 0 Å². The smallest absolute Gasteiger partial charge is 0.143 e. The minimum atomic E-state index is 0.984. The normalized spacial score (nSPS) is 11.8. The summed E-state index contributed by atoms with van der Waals surface area (Å²) in [5.41, 5.74) is 4.23. The van der Waals surface area contributed by atoms with E-state index >= 15 is 0 Å². The third-order valence-electron chi connectivity index (χ3n) is 3.02. The number of imidazole rings is 1. The molecular weight excluding hydrogens is 325 g/mol. The van der Waals surface area contributed by atoms with Crippen molar-refractivity contribution in [3.8, 4) is 0 Å². The zero-order valence-corrected chi connectivity index (χ0v) is 11.0. The summed E-state index contributed by atoms with van der Waals surface area (Å²) in [6.45, 7) is 0. The monoisotopic (exact) mass is 333 g/mol. The third-order valence-corrected chi connectivity index (χ3v) is 3.66. The zero-order valence-electron chi connectivity index (χ0n) is 8.81. The first-order chi connectivity index (χ1) is 8.33. The summed E-state index contributed by atoms with van der Waals surface area (Å²) >= 11 is 2.31. The van der Waals surface area contributed by atoms with Gasteiger partial charge in [-0.1, -0.05) is 18.2 Å². The van der Waals surface area contributed by atoms with Crippen LogP contribution in [0.1, 0.15) is 0 Å². The molecule has 0 saturated heterocycles. The molecule has 0 aliphatic carbocycles. The number of benzene rings is 1. The number of halogens is 1. The van der Waals surface area contributed by atoms with Crippen molar-refractivity contribution in [3.05, 3.63) is 46.2 Å². The first-order valence-electron chi connectivity index (χ1n) is 5.37. The predicted octanol–water partition coefficient (Wildman–Crippen LogP) is 3.57. The summed E-state index contributed by atoms with van der Waals surface area (Å²) in [7, 11) is 0. The summed E-state index contributed by atoms with van der Waals surface area (Å²) < 4.78 is 3.31. The van der Waals surface area contributed by atoms with E-state index in [2.05, 4.69) is 61.4 Å². The summed E-state index contributed by atoms with van der Waals surface area (Å²) in [6, 6.07) is 12.4. The molecule has 3 nitrogen and oxygen atoms in total. The Morgan fingerprint density at radius 2 is 2.00 bits per heavy atom. The van der Waals surface area contributed by atoms with Crippen LogP contribution in [0.3, 0.4) is 0 Å². The molecule has 17 heavy (non-hydrogen) atoms. The van der Waals surface area contributed by atoms with Crippen molar-refractivity contribution in [3.63, 3.8) is 0 Å². The highest BCUT2D eigenvalue weighted by Crippen LogP contribution is 2.25. The minimum Gasteiger partial charge on any atom is -0.339 e. The molecule has 1 aromatic carbocycles. The molecule has 4 heteroatoms. The van der Waals surface area contributed by atoms with Gasteiger partial charge >= 0.3 is 0 Å². The lowest BCUT2D eigenvalue weighted by molar-refractivity contribution is 1.18. The Morgan fingerprint density at radius 3 is 2.94 bits per heavy atom. The Bertz CT molecular complexity index is 857. The van der Waals surface area contributed by atoms with Crippen LogP contribution in [-0.2, 0) is 0 Å². The van der Waals surface area contributed by atoms with Crippen LogP contribution in [0, 0.1) is 3.57 Å². The lowest BCUT2D eigenvalue weighted by Crippen LogP contribution is -1.85. The van der Waals surface area contributed by atoms with E-state index < -0.39 is 0 Å². The molecule has 4 rings (SSSR count). The van der Waals surface area contributed by atoms with Gasteiger partial charge in [0.2, 0.25) is 0 Å². The highest BCUT2D eigenvalue weighted by Gasteiger charge is 2.10. The van der Waals surface area contributed by atoms with Gasteiger partial charge in [0.15, 0.2) is 0 Å². The highest BCUT2D eigenvalue weighted by atomic mass is 127. The van der Waals surface area contributed by atoms with Gasteiger partial charge in [-0.05, 0) is 40.8 Å². The van der Waals surface area contributed by atoms with Gasteiger partial charge in [-0.15, -0.1) is 0 Å². The first kappa shape index (κ1) is 9.47. The van der Waals surface area contributed by atoms with Crippen molar-refractivity contribution in [2.75, 3.05) is 0 Å². The first-order valence-corrected chi connectivity index (χ1v) is 6.45. The van der Waals surface area contributed by atoms with Gasteiger partial charge in [-0.3, -0.25) is 4.40 Å². The molecular formula is C13H8IN3. The molecule has 0 aliphatic heterocycles. The Labute approximate surface area is 111 Å². The largest absolute Gasteiger partial charge is 0.339 e. The predicted molar refractivity (Wildman–Crippen MR) is 77.3 cm³/mol. The van der Waals surface area contributed by atoms with E-state index in [0.29, 0.717) is 0 Å².